The van der Waals surface area contributed by atoms with Crippen LogP contribution in [0.15, 0.2) is 12.1 Å². The molecule has 0 atom stereocenters. The van der Waals surface area contributed by atoms with E-state index in [-0.39, 0.29) is 18.0 Å². The number of alkyl halides is 3. The molecule has 0 saturated heterocycles. The molecule has 0 N–H and O–H groups in total. The molecule has 1 rings (SSSR count). The number of halogens is 6. The number of hydrogen-bond donors (Lipinski definition) is 0. The van der Waals surface area contributed by atoms with E-state index in [1.165, 1.54) is 13.0 Å². The highest BCUT2D eigenvalue weighted by atomic mass is 35.5. The van der Waals surface area contributed by atoms with Gasteiger partial charge < -0.3 is 0 Å². The molecule has 0 fully saturated rings. The molecule has 0 heterocycles. The molecule has 1 aromatic rings. The molecule has 0 saturated carbocycles. The summed E-state index contributed by atoms with van der Waals surface area (Å²) in [6.07, 6.45) is -4.74. The molecule has 0 aromatic heterocycles. The summed E-state index contributed by atoms with van der Waals surface area (Å²) in [6.45, 7) is 1.39. The highest BCUT2D eigenvalue weighted by Crippen LogP contribution is 2.37. The van der Waals surface area contributed by atoms with E-state index in [0.717, 1.165) is 6.07 Å². The minimum absolute atomic E-state index is 0. The Morgan fingerprint density at radius 3 is 2.07 bits per heavy atom. The van der Waals surface area contributed by atoms with Crippen LogP contribution in [0, 0.1) is 12.7 Å². The van der Waals surface area contributed by atoms with Crippen LogP contribution < -0.4 is 0 Å². The summed E-state index contributed by atoms with van der Waals surface area (Å²) in [5.41, 5.74) is -1.19. The lowest BCUT2D eigenvalue weighted by Crippen LogP contribution is -2.09. The third kappa shape index (κ3) is 2.51. The van der Waals surface area contributed by atoms with Gasteiger partial charge in [0.1, 0.15) is 11.4 Å². The van der Waals surface area contributed by atoms with Crippen molar-refractivity contribution in [3.05, 3.63) is 34.1 Å². The van der Waals surface area contributed by atoms with Gasteiger partial charge in [0.05, 0.1) is 5.02 Å². The van der Waals surface area contributed by atoms with Crippen molar-refractivity contribution in [2.45, 2.75) is 13.1 Å². The Morgan fingerprint density at radius 1 is 1.21 bits per heavy atom. The van der Waals surface area contributed by atoms with Crippen LogP contribution in [0.3, 0.4) is 0 Å². The zero-order valence-electron chi connectivity index (χ0n) is 6.95. The van der Waals surface area contributed by atoms with E-state index in [1.807, 2.05) is 0 Å². The first-order valence-corrected chi connectivity index (χ1v) is 3.73. The third-order valence-corrected chi connectivity index (χ3v) is 2.05. The fourth-order valence-electron chi connectivity index (χ4n) is 0.917. The molecule has 1 aromatic carbocycles. The van der Waals surface area contributed by atoms with Gasteiger partial charge in [-0.1, -0.05) is 17.7 Å². The molecule has 0 amide bonds. The van der Waals surface area contributed by atoms with Crippen molar-refractivity contribution in [2.75, 3.05) is 0 Å². The molecule has 0 nitrogen and oxygen atoms in total. The highest BCUT2D eigenvalue weighted by molar-refractivity contribution is 6.32. The van der Waals surface area contributed by atoms with Gasteiger partial charge >= 0.3 is 6.18 Å². The van der Waals surface area contributed by atoms with Crippen LogP contribution >= 0.6 is 24.0 Å². The third-order valence-electron chi connectivity index (χ3n) is 1.57. The Balaban J connectivity index is 0.00000169. The van der Waals surface area contributed by atoms with Crippen LogP contribution in [-0.4, -0.2) is 0 Å². The Kier molecular flexibility index (Phi) is 4.21. The minimum atomic E-state index is -4.74. The monoisotopic (exact) mass is 248 g/mol. The molecule has 0 aliphatic heterocycles. The van der Waals surface area contributed by atoms with Crippen molar-refractivity contribution in [3.63, 3.8) is 0 Å². The Morgan fingerprint density at radius 2 is 1.71 bits per heavy atom. The maximum atomic E-state index is 12.7. The minimum Gasteiger partial charge on any atom is -0.206 e. The van der Waals surface area contributed by atoms with E-state index in [9.17, 15) is 17.6 Å². The van der Waals surface area contributed by atoms with E-state index in [1.54, 1.807) is 0 Å². The normalized spacial score (nSPS) is 11.0. The second kappa shape index (κ2) is 4.36. The molecule has 0 radical (unpaired) electrons. The average molecular weight is 249 g/mol. The largest absolute Gasteiger partial charge is 0.420 e. The van der Waals surface area contributed by atoms with Crippen molar-refractivity contribution >= 4 is 24.0 Å². The van der Waals surface area contributed by atoms with Crippen molar-refractivity contribution in [2.24, 2.45) is 0 Å². The highest BCUT2D eigenvalue weighted by Gasteiger charge is 2.37. The smallest absolute Gasteiger partial charge is 0.206 e. The Labute approximate surface area is 89.3 Å². The van der Waals surface area contributed by atoms with Gasteiger partial charge in [-0.3, -0.25) is 0 Å². The predicted molar refractivity (Wildman–Crippen MR) is 48.4 cm³/mol. The van der Waals surface area contributed by atoms with Gasteiger partial charge in [-0.2, -0.15) is 13.2 Å². The zero-order valence-corrected chi connectivity index (χ0v) is 8.53. The van der Waals surface area contributed by atoms with Crippen LogP contribution in [0.2, 0.25) is 5.02 Å². The molecule has 80 valence electrons. The van der Waals surface area contributed by atoms with Gasteiger partial charge in [-0.05, 0) is 18.6 Å². The summed E-state index contributed by atoms with van der Waals surface area (Å²) in [6, 6.07) is 1.96. The van der Waals surface area contributed by atoms with E-state index in [2.05, 4.69) is 0 Å². The maximum absolute atomic E-state index is 12.7. The first-order chi connectivity index (χ1) is 5.84. The number of aryl methyl sites for hydroxylation is 1. The molecular weight excluding hydrogens is 243 g/mol. The van der Waals surface area contributed by atoms with Crippen LogP contribution in [0.1, 0.15) is 11.1 Å². The van der Waals surface area contributed by atoms with Crippen LogP contribution in [-0.2, 0) is 6.18 Å². The van der Waals surface area contributed by atoms with Gasteiger partial charge in [-0.15, -0.1) is 12.4 Å². The van der Waals surface area contributed by atoms with Crippen molar-refractivity contribution < 1.29 is 17.6 Å². The van der Waals surface area contributed by atoms with Gasteiger partial charge in [-0.25, -0.2) is 4.39 Å². The molecule has 0 unspecified atom stereocenters. The molecule has 0 aliphatic carbocycles. The van der Waals surface area contributed by atoms with Gasteiger partial charge in [0.25, 0.3) is 0 Å². The molecule has 0 spiro atoms. The fraction of sp³-hybridized carbons (Fsp3) is 0.250. The summed E-state index contributed by atoms with van der Waals surface area (Å²) in [7, 11) is 0. The van der Waals surface area contributed by atoms with Crippen molar-refractivity contribution in [3.8, 4) is 0 Å². The van der Waals surface area contributed by atoms with Crippen molar-refractivity contribution in [1.29, 1.82) is 0 Å². The number of benzene rings is 1. The Bertz CT molecular complexity index is 333. The van der Waals surface area contributed by atoms with E-state index in [0.29, 0.717) is 0 Å². The number of rotatable bonds is 0. The fourth-order valence-corrected chi connectivity index (χ4v) is 1.18. The standard InChI is InChI=1S/C8H5ClF4.ClH/c1-4-2-3-5(10)6(7(4)9)8(11,12)13;/h2-3H,1H3;1H. The van der Waals surface area contributed by atoms with E-state index < -0.39 is 22.6 Å². The lowest BCUT2D eigenvalue weighted by atomic mass is 10.1. The lowest BCUT2D eigenvalue weighted by molar-refractivity contribution is -0.139. The molecule has 0 bridgehead atoms. The Hall–Kier alpha value is -0.480. The van der Waals surface area contributed by atoms with E-state index in [4.69, 9.17) is 11.6 Å². The van der Waals surface area contributed by atoms with Crippen LogP contribution in [0.25, 0.3) is 0 Å². The predicted octanol–water partition coefficient (Wildman–Crippen LogP) is 4.23. The van der Waals surface area contributed by atoms with Crippen LogP contribution in [0.5, 0.6) is 0 Å². The summed E-state index contributed by atoms with van der Waals surface area (Å²) in [5, 5.41) is -0.576. The zero-order chi connectivity index (χ0) is 10.2. The lowest BCUT2D eigenvalue weighted by Gasteiger charge is -2.11. The topological polar surface area (TPSA) is 0 Å². The SMILES string of the molecule is Cc1ccc(F)c(C(F)(F)F)c1Cl.Cl. The molecule has 0 aliphatic rings. The molecule has 6 heteroatoms. The average Bonchev–Trinajstić information content (AvgIpc) is 1.95. The first-order valence-electron chi connectivity index (χ1n) is 3.36. The van der Waals surface area contributed by atoms with Gasteiger partial charge in [0.2, 0.25) is 0 Å². The first kappa shape index (κ1) is 13.5. The quantitative estimate of drug-likeness (QED) is 0.603. The number of hydrogen-bond acceptors (Lipinski definition) is 0. The summed E-state index contributed by atoms with van der Waals surface area (Å²) < 4.78 is 49.2. The molecule has 14 heavy (non-hydrogen) atoms. The maximum Gasteiger partial charge on any atom is 0.420 e. The summed E-state index contributed by atoms with van der Waals surface area (Å²) in [5.74, 6) is -1.34. The second-order valence-electron chi connectivity index (χ2n) is 2.55. The van der Waals surface area contributed by atoms with Gasteiger partial charge in [0, 0.05) is 0 Å². The molecular formula is C8H6Cl2F4. The summed E-state index contributed by atoms with van der Waals surface area (Å²) in [4.78, 5) is 0. The summed E-state index contributed by atoms with van der Waals surface area (Å²) >= 11 is 5.32. The van der Waals surface area contributed by atoms with Crippen LogP contribution in [0.4, 0.5) is 17.6 Å². The second-order valence-corrected chi connectivity index (χ2v) is 2.93. The van der Waals surface area contributed by atoms with E-state index >= 15 is 0 Å². The van der Waals surface area contributed by atoms with Crippen molar-refractivity contribution in [1.82, 2.24) is 0 Å². The van der Waals surface area contributed by atoms with Gasteiger partial charge in [0.15, 0.2) is 0 Å².